The highest BCUT2D eigenvalue weighted by Crippen LogP contribution is 2.25. The molecular formula is C11H21F2NO2. The Hall–Kier alpha value is -0.260. The fourth-order valence-corrected chi connectivity index (χ4v) is 1.82. The molecule has 0 spiro atoms. The molecule has 1 rings (SSSR count). The Bertz CT molecular complexity index is 212. The first-order valence-electron chi connectivity index (χ1n) is 5.73. The van der Waals surface area contributed by atoms with Crippen LogP contribution in [0.3, 0.4) is 0 Å². The van der Waals surface area contributed by atoms with Crippen molar-refractivity contribution in [2.45, 2.75) is 57.2 Å². The number of halogens is 2. The Morgan fingerprint density at radius 2 is 2.12 bits per heavy atom. The van der Waals surface area contributed by atoms with Crippen LogP contribution in [0.25, 0.3) is 0 Å². The first kappa shape index (κ1) is 13.8. The molecule has 16 heavy (non-hydrogen) atoms. The minimum absolute atomic E-state index is 0.00806. The van der Waals surface area contributed by atoms with Gasteiger partial charge in [-0.1, -0.05) is 0 Å². The van der Waals surface area contributed by atoms with Gasteiger partial charge in [0, 0.05) is 11.6 Å². The van der Waals surface area contributed by atoms with Gasteiger partial charge in [0.15, 0.2) is 0 Å². The summed E-state index contributed by atoms with van der Waals surface area (Å²) in [6, 6.07) is 0.472. The summed E-state index contributed by atoms with van der Waals surface area (Å²) in [5.41, 5.74) is -0.428. The van der Waals surface area contributed by atoms with Crippen molar-refractivity contribution in [2.75, 3.05) is 13.2 Å². The van der Waals surface area contributed by atoms with E-state index in [2.05, 4.69) is 5.32 Å². The summed E-state index contributed by atoms with van der Waals surface area (Å²) in [5, 5.41) is 12.6. The van der Waals surface area contributed by atoms with E-state index in [0.717, 1.165) is 12.8 Å². The molecule has 0 saturated heterocycles. The summed E-state index contributed by atoms with van der Waals surface area (Å²) in [7, 11) is 0. The van der Waals surface area contributed by atoms with Gasteiger partial charge in [-0.15, -0.1) is 0 Å². The fraction of sp³-hybridized carbons (Fsp3) is 1.00. The summed E-state index contributed by atoms with van der Waals surface area (Å²) in [6.45, 7) is 3.11. The van der Waals surface area contributed by atoms with Crippen LogP contribution < -0.4 is 5.32 Å². The molecule has 0 radical (unpaired) electrons. The van der Waals surface area contributed by atoms with Crippen LogP contribution in [-0.4, -0.2) is 42.4 Å². The Labute approximate surface area is 95.2 Å². The van der Waals surface area contributed by atoms with E-state index < -0.39 is 18.6 Å². The predicted octanol–water partition coefficient (Wildman–Crippen LogP) is 1.55. The quantitative estimate of drug-likeness (QED) is 0.673. The van der Waals surface area contributed by atoms with Crippen molar-refractivity contribution < 1.29 is 18.6 Å². The van der Waals surface area contributed by atoms with E-state index in [4.69, 9.17) is 4.74 Å². The van der Waals surface area contributed by atoms with Gasteiger partial charge >= 0.3 is 0 Å². The van der Waals surface area contributed by atoms with E-state index in [1.165, 1.54) is 0 Å². The molecule has 0 aromatic rings. The lowest BCUT2D eigenvalue weighted by atomic mass is 9.95. The van der Waals surface area contributed by atoms with Gasteiger partial charge in [-0.05, 0) is 33.1 Å². The zero-order valence-corrected chi connectivity index (χ0v) is 9.88. The lowest BCUT2D eigenvalue weighted by Gasteiger charge is -2.31. The molecule has 0 aliphatic heterocycles. The third-order valence-corrected chi connectivity index (χ3v) is 2.72. The maximum absolute atomic E-state index is 11.9. The molecule has 5 heteroatoms. The Balaban J connectivity index is 2.29. The zero-order valence-electron chi connectivity index (χ0n) is 9.88. The van der Waals surface area contributed by atoms with Crippen molar-refractivity contribution in [1.29, 1.82) is 0 Å². The zero-order chi connectivity index (χ0) is 12.2. The number of nitrogens with one attached hydrogen (secondary N) is 1. The fourth-order valence-electron chi connectivity index (χ4n) is 1.82. The van der Waals surface area contributed by atoms with E-state index in [9.17, 15) is 13.9 Å². The topological polar surface area (TPSA) is 41.5 Å². The summed E-state index contributed by atoms with van der Waals surface area (Å²) < 4.78 is 28.9. The molecule has 0 amide bonds. The van der Waals surface area contributed by atoms with E-state index in [-0.39, 0.29) is 12.7 Å². The van der Waals surface area contributed by atoms with Crippen molar-refractivity contribution in [3.8, 4) is 0 Å². The second-order valence-corrected chi connectivity index (χ2v) is 4.88. The Morgan fingerprint density at radius 1 is 1.50 bits per heavy atom. The second kappa shape index (κ2) is 5.89. The minimum Gasteiger partial charge on any atom is -0.394 e. The van der Waals surface area contributed by atoms with Crippen molar-refractivity contribution in [2.24, 2.45) is 0 Å². The molecule has 0 aromatic heterocycles. The number of hydrogen-bond acceptors (Lipinski definition) is 3. The molecule has 2 unspecified atom stereocenters. The SMILES string of the molecule is CC(CC(C)(CO)NC1CC1)OCC(F)F. The van der Waals surface area contributed by atoms with Gasteiger partial charge in [0.1, 0.15) is 6.61 Å². The molecule has 2 N–H and O–H groups in total. The molecule has 1 fully saturated rings. The smallest absolute Gasteiger partial charge is 0.261 e. The summed E-state index contributed by atoms with van der Waals surface area (Å²) in [4.78, 5) is 0. The van der Waals surface area contributed by atoms with Gasteiger partial charge in [0.05, 0.1) is 12.7 Å². The van der Waals surface area contributed by atoms with Gasteiger partial charge in [-0.2, -0.15) is 0 Å². The van der Waals surface area contributed by atoms with E-state index in [1.54, 1.807) is 6.92 Å². The Morgan fingerprint density at radius 3 is 2.56 bits per heavy atom. The van der Waals surface area contributed by atoms with Crippen LogP contribution in [-0.2, 0) is 4.74 Å². The molecule has 1 aliphatic rings. The first-order valence-corrected chi connectivity index (χ1v) is 5.73. The lowest BCUT2D eigenvalue weighted by molar-refractivity contribution is -0.0325. The monoisotopic (exact) mass is 237 g/mol. The molecule has 0 bridgehead atoms. The highest BCUT2D eigenvalue weighted by atomic mass is 19.3. The molecule has 1 saturated carbocycles. The lowest BCUT2D eigenvalue weighted by Crippen LogP contribution is -2.49. The molecule has 0 heterocycles. The number of rotatable bonds is 8. The number of aliphatic hydroxyl groups is 1. The molecule has 1 aliphatic carbocycles. The van der Waals surface area contributed by atoms with Gasteiger partial charge in [0.25, 0.3) is 6.43 Å². The normalized spacial score (nSPS) is 22.1. The van der Waals surface area contributed by atoms with Gasteiger partial charge in [-0.25, -0.2) is 8.78 Å². The standard InChI is InChI=1S/C11H21F2NO2/c1-8(16-6-10(12)13)5-11(2,7-15)14-9-3-4-9/h8-10,14-15H,3-7H2,1-2H3. The highest BCUT2D eigenvalue weighted by Gasteiger charge is 2.33. The molecule has 3 nitrogen and oxygen atoms in total. The van der Waals surface area contributed by atoms with Crippen molar-refractivity contribution >= 4 is 0 Å². The van der Waals surface area contributed by atoms with Gasteiger partial charge in [-0.3, -0.25) is 0 Å². The first-order chi connectivity index (χ1) is 7.45. The number of aliphatic hydroxyl groups excluding tert-OH is 1. The van der Waals surface area contributed by atoms with Gasteiger partial charge < -0.3 is 15.2 Å². The maximum atomic E-state index is 11.9. The summed E-state index contributed by atoms with van der Waals surface area (Å²) in [6.07, 6.45) is 0.0767. The maximum Gasteiger partial charge on any atom is 0.261 e. The summed E-state index contributed by atoms with van der Waals surface area (Å²) >= 11 is 0. The van der Waals surface area contributed by atoms with E-state index in [1.807, 2.05) is 6.92 Å². The largest absolute Gasteiger partial charge is 0.394 e. The summed E-state index contributed by atoms with van der Waals surface area (Å²) in [5.74, 6) is 0. The van der Waals surface area contributed by atoms with Crippen molar-refractivity contribution in [3.05, 3.63) is 0 Å². The van der Waals surface area contributed by atoms with Crippen molar-refractivity contribution in [1.82, 2.24) is 5.32 Å². The third kappa shape index (κ3) is 5.18. The highest BCUT2D eigenvalue weighted by molar-refractivity contribution is 4.93. The number of alkyl halides is 2. The third-order valence-electron chi connectivity index (χ3n) is 2.72. The van der Waals surface area contributed by atoms with Crippen LogP contribution in [0.5, 0.6) is 0 Å². The van der Waals surface area contributed by atoms with Crippen LogP contribution in [0.2, 0.25) is 0 Å². The van der Waals surface area contributed by atoms with Crippen LogP contribution in [0.4, 0.5) is 8.78 Å². The minimum atomic E-state index is -2.43. The van der Waals surface area contributed by atoms with Crippen LogP contribution in [0.1, 0.15) is 33.1 Å². The average molecular weight is 237 g/mol. The van der Waals surface area contributed by atoms with E-state index >= 15 is 0 Å². The van der Waals surface area contributed by atoms with Crippen LogP contribution in [0.15, 0.2) is 0 Å². The average Bonchev–Trinajstić information content (AvgIpc) is 2.98. The van der Waals surface area contributed by atoms with Crippen LogP contribution >= 0.6 is 0 Å². The Kier molecular flexibility index (Phi) is 5.08. The second-order valence-electron chi connectivity index (χ2n) is 4.88. The van der Waals surface area contributed by atoms with Crippen LogP contribution in [0, 0.1) is 0 Å². The molecule has 96 valence electrons. The number of ether oxygens (including phenoxy) is 1. The van der Waals surface area contributed by atoms with E-state index in [0.29, 0.717) is 12.5 Å². The molecular weight excluding hydrogens is 216 g/mol. The van der Waals surface area contributed by atoms with Crippen molar-refractivity contribution in [3.63, 3.8) is 0 Å². The van der Waals surface area contributed by atoms with Gasteiger partial charge in [0.2, 0.25) is 0 Å². The molecule has 2 atom stereocenters. The molecule has 0 aromatic carbocycles. The predicted molar refractivity (Wildman–Crippen MR) is 57.7 cm³/mol. The number of hydrogen-bond donors (Lipinski definition) is 2.